The highest BCUT2D eigenvalue weighted by molar-refractivity contribution is 6.02. The van der Waals surface area contributed by atoms with Gasteiger partial charge in [0.25, 0.3) is 5.91 Å². The number of carbonyl (C=O) groups excluding carboxylic acids is 2. The summed E-state index contributed by atoms with van der Waals surface area (Å²) in [6.45, 7) is 5.93. The van der Waals surface area contributed by atoms with Crippen molar-refractivity contribution in [3.05, 3.63) is 41.7 Å². The molecule has 3 rings (SSSR count). The number of carbonyl (C=O) groups is 2. The molecule has 0 aromatic heterocycles. The largest absolute Gasteiger partial charge is 0.510 e. The lowest BCUT2D eigenvalue weighted by Crippen LogP contribution is -2.44. The predicted octanol–water partition coefficient (Wildman–Crippen LogP) is 3.17. The summed E-state index contributed by atoms with van der Waals surface area (Å²) < 4.78 is 5.31. The fraction of sp³-hybridized carbons (Fsp3) is 0.444. The van der Waals surface area contributed by atoms with Gasteiger partial charge in [0, 0.05) is 24.2 Å². The predicted molar refractivity (Wildman–Crippen MR) is 89.9 cm³/mol. The molecule has 0 radical (unpaired) electrons. The first-order valence-electron chi connectivity index (χ1n) is 8.06. The van der Waals surface area contributed by atoms with Crippen LogP contribution in [0, 0.1) is 0 Å². The van der Waals surface area contributed by atoms with E-state index in [1.165, 1.54) is 0 Å². The first-order chi connectivity index (χ1) is 11.3. The average Bonchev–Trinajstić information content (AvgIpc) is 2.99. The fourth-order valence-electron chi connectivity index (χ4n) is 3.17. The van der Waals surface area contributed by atoms with Crippen LogP contribution in [0.2, 0.25) is 0 Å². The van der Waals surface area contributed by atoms with Crippen LogP contribution in [-0.2, 0) is 9.53 Å². The highest BCUT2D eigenvalue weighted by Crippen LogP contribution is 2.37. The molecule has 2 N–H and O–H groups in total. The number of rotatable bonds is 2. The van der Waals surface area contributed by atoms with Gasteiger partial charge in [-0.25, -0.2) is 9.69 Å². The van der Waals surface area contributed by atoms with E-state index in [1.54, 1.807) is 20.8 Å². The number of aliphatic hydroxyl groups excluding tert-OH is 1. The van der Waals surface area contributed by atoms with E-state index in [4.69, 9.17) is 4.74 Å². The number of anilines is 1. The first-order valence-corrected chi connectivity index (χ1v) is 8.06. The van der Waals surface area contributed by atoms with Crippen molar-refractivity contribution in [1.82, 2.24) is 4.90 Å². The molecule has 0 aliphatic carbocycles. The molecule has 6 heteroatoms. The van der Waals surface area contributed by atoms with E-state index < -0.39 is 23.6 Å². The van der Waals surface area contributed by atoms with E-state index in [0.717, 1.165) is 22.2 Å². The number of para-hydroxylation sites is 1. The van der Waals surface area contributed by atoms with Gasteiger partial charge in [0.05, 0.1) is 0 Å². The van der Waals surface area contributed by atoms with Gasteiger partial charge < -0.3 is 15.2 Å². The molecule has 0 saturated heterocycles. The summed E-state index contributed by atoms with van der Waals surface area (Å²) in [6.07, 6.45) is 0.831. The zero-order valence-corrected chi connectivity index (χ0v) is 14.1. The second-order valence-corrected chi connectivity index (χ2v) is 7.17. The van der Waals surface area contributed by atoms with E-state index in [2.05, 4.69) is 5.32 Å². The third-order valence-corrected chi connectivity index (χ3v) is 4.20. The molecule has 2 aliphatic heterocycles. The molecular formula is C18H22N2O4. The highest BCUT2D eigenvalue weighted by Gasteiger charge is 2.42. The van der Waals surface area contributed by atoms with E-state index in [1.807, 2.05) is 24.3 Å². The van der Waals surface area contributed by atoms with Crippen LogP contribution in [0.4, 0.5) is 10.5 Å². The van der Waals surface area contributed by atoms with E-state index >= 15 is 0 Å². The number of amides is 2. The smallest absolute Gasteiger partial charge is 0.418 e. The SMILES string of the molecule is CC(C)(C)OC(=O)N1C(=O)C=C(O)[C@H]1CC1CNc2ccccc21. The van der Waals surface area contributed by atoms with Gasteiger partial charge in [-0.05, 0) is 38.8 Å². The normalized spacial score (nSPS) is 22.9. The number of fused-ring (bicyclic) bond motifs is 1. The Bertz CT molecular complexity index is 705. The molecule has 2 amide bonds. The number of nitrogens with zero attached hydrogens (tertiary/aromatic N) is 1. The van der Waals surface area contributed by atoms with Gasteiger partial charge in [0.1, 0.15) is 17.4 Å². The van der Waals surface area contributed by atoms with Crippen molar-refractivity contribution in [3.63, 3.8) is 0 Å². The molecule has 0 bridgehead atoms. The summed E-state index contributed by atoms with van der Waals surface area (Å²) in [7, 11) is 0. The van der Waals surface area contributed by atoms with Crippen molar-refractivity contribution in [2.24, 2.45) is 0 Å². The lowest BCUT2D eigenvalue weighted by atomic mass is 9.93. The lowest BCUT2D eigenvalue weighted by molar-refractivity contribution is -0.125. The van der Waals surface area contributed by atoms with E-state index in [-0.39, 0.29) is 11.7 Å². The van der Waals surface area contributed by atoms with Crippen molar-refractivity contribution in [2.45, 2.75) is 44.8 Å². The van der Waals surface area contributed by atoms with Gasteiger partial charge in [-0.1, -0.05) is 18.2 Å². The number of hydrogen-bond donors (Lipinski definition) is 2. The molecule has 0 fully saturated rings. The van der Waals surface area contributed by atoms with E-state index in [9.17, 15) is 14.7 Å². The summed E-state index contributed by atoms with van der Waals surface area (Å²) >= 11 is 0. The Morgan fingerprint density at radius 3 is 2.79 bits per heavy atom. The first kappa shape index (κ1) is 16.4. The van der Waals surface area contributed by atoms with Crippen LogP contribution < -0.4 is 5.32 Å². The third-order valence-electron chi connectivity index (χ3n) is 4.20. The van der Waals surface area contributed by atoms with Crippen LogP contribution in [0.5, 0.6) is 0 Å². The van der Waals surface area contributed by atoms with Crippen LogP contribution >= 0.6 is 0 Å². The van der Waals surface area contributed by atoms with Gasteiger partial charge in [-0.3, -0.25) is 4.79 Å². The van der Waals surface area contributed by atoms with Gasteiger partial charge in [-0.15, -0.1) is 0 Å². The molecular weight excluding hydrogens is 308 g/mol. The summed E-state index contributed by atoms with van der Waals surface area (Å²) in [5.41, 5.74) is 1.48. The minimum absolute atomic E-state index is 0.0877. The number of imide groups is 1. The minimum atomic E-state index is -0.725. The summed E-state index contributed by atoms with van der Waals surface area (Å²) in [6, 6.07) is 7.24. The van der Waals surface area contributed by atoms with Crippen LogP contribution in [-0.4, -0.2) is 40.2 Å². The molecule has 24 heavy (non-hydrogen) atoms. The van der Waals surface area contributed by atoms with Gasteiger partial charge in [-0.2, -0.15) is 0 Å². The zero-order chi connectivity index (χ0) is 17.5. The Kier molecular flexibility index (Phi) is 3.99. The van der Waals surface area contributed by atoms with Crippen molar-refractivity contribution < 1.29 is 19.4 Å². The van der Waals surface area contributed by atoms with Crippen molar-refractivity contribution in [3.8, 4) is 0 Å². The molecule has 1 unspecified atom stereocenters. The van der Waals surface area contributed by atoms with E-state index in [0.29, 0.717) is 13.0 Å². The molecule has 0 saturated carbocycles. The maximum atomic E-state index is 12.4. The Hall–Kier alpha value is -2.50. The average molecular weight is 330 g/mol. The number of nitrogens with one attached hydrogen (secondary N) is 1. The summed E-state index contributed by atoms with van der Waals surface area (Å²) in [4.78, 5) is 25.5. The fourth-order valence-corrected chi connectivity index (χ4v) is 3.17. The standard InChI is InChI=1S/C18H22N2O4/c1-18(2,3)24-17(23)20-14(15(21)9-16(20)22)8-11-10-19-13-7-5-4-6-12(11)13/h4-7,9,11,14,19,21H,8,10H2,1-3H3/t11?,14-/m1/s1. The monoisotopic (exact) mass is 330 g/mol. The lowest BCUT2D eigenvalue weighted by Gasteiger charge is -2.28. The number of ether oxygens (including phenoxy) is 1. The molecule has 2 aliphatic rings. The van der Waals surface area contributed by atoms with Crippen LogP contribution in [0.3, 0.4) is 0 Å². The molecule has 2 atom stereocenters. The minimum Gasteiger partial charge on any atom is -0.510 e. The summed E-state index contributed by atoms with van der Waals surface area (Å²) in [5, 5.41) is 13.5. The Labute approximate surface area is 141 Å². The quantitative estimate of drug-likeness (QED) is 0.871. The molecule has 1 aromatic rings. The summed E-state index contributed by atoms with van der Waals surface area (Å²) in [5.74, 6) is -0.515. The molecule has 2 heterocycles. The number of benzene rings is 1. The second kappa shape index (κ2) is 5.85. The molecule has 128 valence electrons. The number of aliphatic hydroxyl groups is 1. The number of hydrogen-bond acceptors (Lipinski definition) is 5. The van der Waals surface area contributed by atoms with Crippen LogP contribution in [0.1, 0.15) is 38.7 Å². The Balaban J connectivity index is 1.79. The zero-order valence-electron chi connectivity index (χ0n) is 14.1. The van der Waals surface area contributed by atoms with Crippen molar-refractivity contribution >= 4 is 17.7 Å². The van der Waals surface area contributed by atoms with Gasteiger partial charge in [0.2, 0.25) is 0 Å². The Morgan fingerprint density at radius 2 is 2.08 bits per heavy atom. The van der Waals surface area contributed by atoms with Crippen LogP contribution in [0.25, 0.3) is 0 Å². The van der Waals surface area contributed by atoms with Crippen molar-refractivity contribution in [1.29, 1.82) is 0 Å². The van der Waals surface area contributed by atoms with Gasteiger partial charge >= 0.3 is 6.09 Å². The third kappa shape index (κ3) is 3.09. The molecule has 0 spiro atoms. The van der Waals surface area contributed by atoms with Gasteiger partial charge in [0.15, 0.2) is 0 Å². The maximum absolute atomic E-state index is 12.4. The van der Waals surface area contributed by atoms with Crippen molar-refractivity contribution in [2.75, 3.05) is 11.9 Å². The Morgan fingerprint density at radius 1 is 1.38 bits per heavy atom. The van der Waals surface area contributed by atoms with Crippen LogP contribution in [0.15, 0.2) is 36.1 Å². The highest BCUT2D eigenvalue weighted by atomic mass is 16.6. The molecule has 1 aromatic carbocycles. The molecule has 6 nitrogen and oxygen atoms in total. The maximum Gasteiger partial charge on any atom is 0.418 e. The topological polar surface area (TPSA) is 78.9 Å². The second-order valence-electron chi connectivity index (χ2n) is 7.17.